The molecule has 1 aliphatic carbocycles. The molecule has 2 aliphatic rings. The molecule has 0 bridgehead atoms. The van der Waals surface area contributed by atoms with E-state index >= 15 is 0 Å². The molecule has 88 valence electrons. The molecule has 15 heavy (non-hydrogen) atoms. The van der Waals surface area contributed by atoms with Gasteiger partial charge in [0.2, 0.25) is 0 Å². The van der Waals surface area contributed by atoms with E-state index in [2.05, 4.69) is 4.90 Å². The Balaban J connectivity index is 1.79. The Bertz CT molecular complexity index is 198. The summed E-state index contributed by atoms with van der Waals surface area (Å²) in [4.78, 5) is 2.37. The third kappa shape index (κ3) is 3.15. The molecule has 0 aromatic heterocycles. The van der Waals surface area contributed by atoms with Gasteiger partial charge < -0.3 is 5.73 Å². The number of hydrogen-bond donors (Lipinski definition) is 1. The average Bonchev–Trinajstić information content (AvgIpc) is 2.22. The van der Waals surface area contributed by atoms with Crippen molar-refractivity contribution in [3.63, 3.8) is 0 Å². The average molecular weight is 214 g/mol. The van der Waals surface area contributed by atoms with Crippen LogP contribution in [0.3, 0.4) is 0 Å². The highest BCUT2D eigenvalue weighted by atomic mass is 19.1. The number of likely N-dealkylation sites (tertiary alicyclic amines) is 1. The van der Waals surface area contributed by atoms with Gasteiger partial charge in [0.05, 0.1) is 6.17 Å². The summed E-state index contributed by atoms with van der Waals surface area (Å²) < 4.78 is 13.2. The topological polar surface area (TPSA) is 29.3 Å². The second-order valence-corrected chi connectivity index (χ2v) is 5.19. The molecule has 0 aromatic rings. The van der Waals surface area contributed by atoms with E-state index in [4.69, 9.17) is 5.73 Å². The molecule has 2 fully saturated rings. The highest BCUT2D eigenvalue weighted by molar-refractivity contribution is 4.79. The van der Waals surface area contributed by atoms with Gasteiger partial charge in [-0.2, -0.15) is 0 Å². The van der Waals surface area contributed by atoms with Crippen molar-refractivity contribution >= 4 is 0 Å². The Kier molecular flexibility index (Phi) is 3.98. The lowest BCUT2D eigenvalue weighted by molar-refractivity contribution is 0.0972. The van der Waals surface area contributed by atoms with Crippen LogP contribution in [0.4, 0.5) is 4.39 Å². The second kappa shape index (κ2) is 5.26. The second-order valence-electron chi connectivity index (χ2n) is 5.19. The van der Waals surface area contributed by atoms with Crippen LogP contribution < -0.4 is 5.73 Å². The van der Waals surface area contributed by atoms with Crippen LogP contribution in [0.5, 0.6) is 0 Å². The normalized spacial score (nSPS) is 39.2. The molecule has 1 heterocycles. The van der Waals surface area contributed by atoms with Crippen LogP contribution in [0, 0.1) is 5.92 Å². The summed E-state index contributed by atoms with van der Waals surface area (Å²) in [7, 11) is 0. The number of nitrogens with two attached hydrogens (primary N) is 1. The van der Waals surface area contributed by atoms with Gasteiger partial charge in [-0.05, 0) is 51.0 Å². The van der Waals surface area contributed by atoms with Gasteiger partial charge in [0, 0.05) is 6.54 Å². The van der Waals surface area contributed by atoms with E-state index in [0.717, 1.165) is 38.8 Å². The van der Waals surface area contributed by atoms with Crippen molar-refractivity contribution in [3.05, 3.63) is 0 Å². The molecule has 0 spiro atoms. The van der Waals surface area contributed by atoms with Gasteiger partial charge in [-0.25, -0.2) is 4.39 Å². The van der Waals surface area contributed by atoms with Crippen molar-refractivity contribution in [2.24, 2.45) is 11.7 Å². The molecule has 1 aliphatic heterocycles. The fourth-order valence-corrected chi connectivity index (χ4v) is 2.97. The predicted octanol–water partition coefficient (Wildman–Crippen LogP) is 2.29. The minimum absolute atomic E-state index is 0.235. The number of hydrogen-bond acceptors (Lipinski definition) is 2. The first-order chi connectivity index (χ1) is 7.25. The van der Waals surface area contributed by atoms with E-state index in [-0.39, 0.29) is 6.17 Å². The zero-order chi connectivity index (χ0) is 10.7. The van der Waals surface area contributed by atoms with Crippen LogP contribution in [0.1, 0.15) is 44.9 Å². The minimum atomic E-state index is -0.551. The number of piperidine rings is 1. The standard InChI is InChI=1S/C12H23FN2/c13-11-5-3-4-10(8-11)9-15-7-2-1-6-12(15)14/h10-12H,1-9,14H2. The number of halogens is 1. The molecule has 0 aromatic carbocycles. The summed E-state index contributed by atoms with van der Waals surface area (Å²) in [6.07, 6.45) is 7.13. The van der Waals surface area contributed by atoms with Crippen LogP contribution in [-0.2, 0) is 0 Å². The maximum absolute atomic E-state index is 13.2. The monoisotopic (exact) mass is 214 g/mol. The molecule has 3 atom stereocenters. The number of rotatable bonds is 2. The summed E-state index contributed by atoms with van der Waals surface area (Å²) in [6.45, 7) is 2.15. The first-order valence-electron chi connectivity index (χ1n) is 6.39. The molecule has 0 radical (unpaired) electrons. The zero-order valence-electron chi connectivity index (χ0n) is 9.50. The van der Waals surface area contributed by atoms with Gasteiger partial charge >= 0.3 is 0 Å². The first-order valence-corrected chi connectivity index (χ1v) is 6.39. The summed E-state index contributed by atoms with van der Waals surface area (Å²) >= 11 is 0. The molecular weight excluding hydrogens is 191 g/mol. The molecule has 3 unspecified atom stereocenters. The van der Waals surface area contributed by atoms with Gasteiger partial charge in [0.25, 0.3) is 0 Å². The molecule has 2 nitrogen and oxygen atoms in total. The van der Waals surface area contributed by atoms with Gasteiger partial charge in [-0.3, -0.25) is 4.90 Å². The molecular formula is C12H23FN2. The molecule has 0 amide bonds. The fraction of sp³-hybridized carbons (Fsp3) is 1.00. The van der Waals surface area contributed by atoms with Crippen molar-refractivity contribution in [2.45, 2.75) is 57.3 Å². The third-order valence-corrected chi connectivity index (χ3v) is 3.88. The molecule has 3 heteroatoms. The zero-order valence-corrected chi connectivity index (χ0v) is 9.50. The quantitative estimate of drug-likeness (QED) is 0.764. The highest BCUT2D eigenvalue weighted by Crippen LogP contribution is 2.28. The van der Waals surface area contributed by atoms with Crippen LogP contribution >= 0.6 is 0 Å². The van der Waals surface area contributed by atoms with Crippen LogP contribution in [0.25, 0.3) is 0 Å². The van der Waals surface area contributed by atoms with Gasteiger partial charge in [-0.15, -0.1) is 0 Å². The fourth-order valence-electron chi connectivity index (χ4n) is 2.97. The lowest BCUT2D eigenvalue weighted by atomic mass is 9.87. The van der Waals surface area contributed by atoms with Crippen molar-refractivity contribution in [1.82, 2.24) is 4.90 Å². The Morgan fingerprint density at radius 3 is 2.73 bits per heavy atom. The maximum atomic E-state index is 13.2. The number of alkyl halides is 1. The minimum Gasteiger partial charge on any atom is -0.316 e. The maximum Gasteiger partial charge on any atom is 0.100 e. The summed E-state index contributed by atoms with van der Waals surface area (Å²) in [5.41, 5.74) is 6.06. The van der Waals surface area contributed by atoms with Crippen molar-refractivity contribution in [2.75, 3.05) is 13.1 Å². The predicted molar refractivity (Wildman–Crippen MR) is 60.3 cm³/mol. The Morgan fingerprint density at radius 2 is 2.00 bits per heavy atom. The van der Waals surface area contributed by atoms with E-state index in [1.54, 1.807) is 0 Å². The third-order valence-electron chi connectivity index (χ3n) is 3.88. The lowest BCUT2D eigenvalue weighted by Crippen LogP contribution is -2.47. The van der Waals surface area contributed by atoms with Crippen molar-refractivity contribution in [3.8, 4) is 0 Å². The van der Waals surface area contributed by atoms with Gasteiger partial charge in [0.15, 0.2) is 0 Å². The van der Waals surface area contributed by atoms with Gasteiger partial charge in [-0.1, -0.05) is 6.42 Å². The Labute approximate surface area is 92.0 Å². The number of nitrogens with zero attached hydrogens (tertiary/aromatic N) is 1. The van der Waals surface area contributed by atoms with Crippen LogP contribution in [0.15, 0.2) is 0 Å². The largest absolute Gasteiger partial charge is 0.316 e. The SMILES string of the molecule is NC1CCCCN1CC1CCCC(F)C1. The van der Waals surface area contributed by atoms with Crippen LogP contribution in [-0.4, -0.2) is 30.3 Å². The van der Waals surface area contributed by atoms with Crippen LogP contribution in [0.2, 0.25) is 0 Å². The molecule has 2 N–H and O–H groups in total. The molecule has 1 saturated heterocycles. The van der Waals surface area contributed by atoms with E-state index < -0.39 is 6.17 Å². The molecule has 1 saturated carbocycles. The summed E-state index contributed by atoms with van der Waals surface area (Å²) in [6, 6.07) is 0. The lowest BCUT2D eigenvalue weighted by Gasteiger charge is -2.37. The highest BCUT2D eigenvalue weighted by Gasteiger charge is 2.26. The van der Waals surface area contributed by atoms with E-state index in [0.29, 0.717) is 5.92 Å². The van der Waals surface area contributed by atoms with Crippen molar-refractivity contribution in [1.29, 1.82) is 0 Å². The summed E-state index contributed by atoms with van der Waals surface area (Å²) in [5, 5.41) is 0. The summed E-state index contributed by atoms with van der Waals surface area (Å²) in [5.74, 6) is 0.554. The first kappa shape index (κ1) is 11.3. The van der Waals surface area contributed by atoms with Gasteiger partial charge in [0.1, 0.15) is 6.17 Å². The smallest absolute Gasteiger partial charge is 0.100 e. The Morgan fingerprint density at radius 1 is 1.13 bits per heavy atom. The van der Waals surface area contributed by atoms with Crippen molar-refractivity contribution < 1.29 is 4.39 Å². The van der Waals surface area contributed by atoms with E-state index in [1.165, 1.54) is 19.3 Å². The van der Waals surface area contributed by atoms with E-state index in [1.807, 2.05) is 0 Å². The Hall–Kier alpha value is -0.150. The van der Waals surface area contributed by atoms with E-state index in [9.17, 15) is 4.39 Å². The molecule has 2 rings (SSSR count).